The molecule has 2 rings (SSSR count). The number of nitrogens with two attached hydrogens (primary N) is 1. The molecular weight excluding hydrogens is 339 g/mol. The summed E-state index contributed by atoms with van der Waals surface area (Å²) in [6.45, 7) is 4.35. The zero-order valence-corrected chi connectivity index (χ0v) is 14.3. The van der Waals surface area contributed by atoms with Crippen molar-refractivity contribution in [3.8, 4) is 0 Å². The molecule has 0 radical (unpaired) electrons. The Morgan fingerprint density at radius 1 is 1.38 bits per heavy atom. The summed E-state index contributed by atoms with van der Waals surface area (Å²) in [5.41, 5.74) is 5.64. The highest BCUT2D eigenvalue weighted by Gasteiger charge is 2.31. The highest BCUT2D eigenvalue weighted by molar-refractivity contribution is 6.31. The van der Waals surface area contributed by atoms with Gasteiger partial charge in [-0.2, -0.15) is 4.39 Å². The minimum Gasteiger partial charge on any atom is -0.339 e. The minimum absolute atomic E-state index is 0.0252. The summed E-state index contributed by atoms with van der Waals surface area (Å²) >= 11 is 6.04. The molecule has 9 heteroatoms. The maximum atomic E-state index is 13.9. The number of carbonyl (C=O) groups is 1. The van der Waals surface area contributed by atoms with E-state index in [9.17, 15) is 19.3 Å². The Bertz CT molecular complexity index is 650. The minimum atomic E-state index is -0.995. The second kappa shape index (κ2) is 7.42. The van der Waals surface area contributed by atoms with Crippen LogP contribution in [0.4, 0.5) is 10.1 Å². The summed E-state index contributed by atoms with van der Waals surface area (Å²) < 4.78 is 13.9. The molecule has 1 heterocycles. The normalized spacial score (nSPS) is 18.3. The third-order valence-corrected chi connectivity index (χ3v) is 4.72. The first-order valence-electron chi connectivity index (χ1n) is 7.58. The van der Waals surface area contributed by atoms with Crippen molar-refractivity contribution < 1.29 is 14.1 Å². The number of benzene rings is 1. The number of carbonyl (C=O) groups excluding carboxylic acids is 1. The first-order chi connectivity index (χ1) is 11.2. The number of rotatable bonds is 4. The molecule has 1 amide bonds. The quantitative estimate of drug-likeness (QED) is 0.651. The van der Waals surface area contributed by atoms with E-state index in [-0.39, 0.29) is 16.5 Å². The van der Waals surface area contributed by atoms with Crippen molar-refractivity contribution in [3.05, 3.63) is 38.7 Å². The highest BCUT2D eigenvalue weighted by Crippen LogP contribution is 2.32. The van der Waals surface area contributed by atoms with Crippen LogP contribution in [0.1, 0.15) is 18.4 Å². The maximum absolute atomic E-state index is 13.9. The van der Waals surface area contributed by atoms with Crippen LogP contribution in [0.25, 0.3) is 0 Å². The number of nitro groups is 1. The molecule has 1 aliphatic rings. The van der Waals surface area contributed by atoms with E-state index < -0.39 is 28.4 Å². The summed E-state index contributed by atoms with van der Waals surface area (Å²) in [4.78, 5) is 26.2. The molecular formula is C15H20ClFN4O3. The number of amides is 1. The predicted octanol–water partition coefficient (Wildman–Crippen LogP) is 1.59. The summed E-state index contributed by atoms with van der Waals surface area (Å²) in [6.07, 6.45) is 0. The third kappa shape index (κ3) is 3.82. The first-order valence-corrected chi connectivity index (χ1v) is 7.96. The largest absolute Gasteiger partial charge is 0.339 e. The van der Waals surface area contributed by atoms with Crippen molar-refractivity contribution in [1.82, 2.24) is 9.80 Å². The number of nitrogens with zero attached hydrogens (tertiary/aromatic N) is 3. The van der Waals surface area contributed by atoms with Crippen LogP contribution >= 0.6 is 11.6 Å². The van der Waals surface area contributed by atoms with E-state index in [1.54, 1.807) is 11.8 Å². The van der Waals surface area contributed by atoms with Gasteiger partial charge < -0.3 is 15.5 Å². The van der Waals surface area contributed by atoms with Crippen molar-refractivity contribution in [3.63, 3.8) is 0 Å². The summed E-state index contributed by atoms with van der Waals surface area (Å²) in [5, 5.41) is 10.8. The Morgan fingerprint density at radius 2 is 1.96 bits per heavy atom. The van der Waals surface area contributed by atoms with E-state index in [0.717, 1.165) is 25.2 Å². The Morgan fingerprint density at radius 3 is 2.50 bits per heavy atom. The lowest BCUT2D eigenvalue weighted by Gasteiger charge is -2.35. The van der Waals surface area contributed by atoms with Crippen molar-refractivity contribution in [2.45, 2.75) is 18.9 Å². The average Bonchev–Trinajstić information content (AvgIpc) is 2.55. The van der Waals surface area contributed by atoms with E-state index in [4.69, 9.17) is 17.3 Å². The van der Waals surface area contributed by atoms with Crippen LogP contribution in [-0.2, 0) is 4.79 Å². The lowest BCUT2D eigenvalue weighted by Crippen LogP contribution is -2.53. The Hall–Kier alpha value is -1.77. The van der Waals surface area contributed by atoms with E-state index >= 15 is 0 Å². The van der Waals surface area contributed by atoms with E-state index in [0.29, 0.717) is 13.1 Å². The van der Waals surface area contributed by atoms with Gasteiger partial charge in [-0.15, -0.1) is 0 Å². The van der Waals surface area contributed by atoms with Gasteiger partial charge in [0, 0.05) is 38.2 Å². The fourth-order valence-corrected chi connectivity index (χ4v) is 3.02. The summed E-state index contributed by atoms with van der Waals surface area (Å²) in [7, 11) is 1.98. The molecule has 0 spiro atoms. The van der Waals surface area contributed by atoms with Gasteiger partial charge in [0.15, 0.2) is 0 Å². The van der Waals surface area contributed by atoms with Crippen molar-refractivity contribution >= 4 is 23.2 Å². The monoisotopic (exact) mass is 358 g/mol. The SMILES string of the molecule is C[C@@H](c1cc(F)c([N+](=O)[O-])cc1Cl)[C@@H](N)C(=O)N1CCN(C)CC1. The molecule has 1 aromatic carbocycles. The van der Waals surface area contributed by atoms with Crippen LogP contribution in [0, 0.1) is 15.9 Å². The molecule has 132 valence electrons. The number of likely N-dealkylation sites (N-methyl/N-ethyl adjacent to an activating group) is 1. The average molecular weight is 359 g/mol. The lowest BCUT2D eigenvalue weighted by atomic mass is 9.92. The fraction of sp³-hybridized carbons (Fsp3) is 0.533. The molecule has 1 aliphatic heterocycles. The number of piperazine rings is 1. The standard InChI is InChI=1S/C15H20ClFN4O3/c1-9(10-7-12(17)13(21(23)24)8-11(10)16)14(18)15(22)20-5-3-19(2)4-6-20/h7-9,14H,3-6,18H2,1-2H3/t9-,14+/m0/s1. The molecule has 0 aliphatic carbocycles. The molecule has 0 bridgehead atoms. The lowest BCUT2D eigenvalue weighted by molar-refractivity contribution is -0.387. The number of nitro benzene ring substituents is 1. The predicted molar refractivity (Wildman–Crippen MR) is 88.5 cm³/mol. The van der Waals surface area contributed by atoms with Crippen molar-refractivity contribution in [2.24, 2.45) is 5.73 Å². The van der Waals surface area contributed by atoms with Gasteiger partial charge in [0.05, 0.1) is 16.0 Å². The van der Waals surface area contributed by atoms with Gasteiger partial charge in [0.2, 0.25) is 11.7 Å². The molecule has 7 nitrogen and oxygen atoms in total. The van der Waals surface area contributed by atoms with E-state index in [1.165, 1.54) is 0 Å². The van der Waals surface area contributed by atoms with Gasteiger partial charge in [0.1, 0.15) is 0 Å². The molecule has 1 saturated heterocycles. The van der Waals surface area contributed by atoms with E-state index in [2.05, 4.69) is 4.90 Å². The van der Waals surface area contributed by atoms with E-state index in [1.807, 2.05) is 7.05 Å². The molecule has 0 saturated carbocycles. The molecule has 2 atom stereocenters. The van der Waals surface area contributed by atoms with Crippen molar-refractivity contribution in [2.75, 3.05) is 33.2 Å². The number of hydrogen-bond acceptors (Lipinski definition) is 5. The number of hydrogen-bond donors (Lipinski definition) is 1. The molecule has 0 aromatic heterocycles. The molecule has 24 heavy (non-hydrogen) atoms. The zero-order valence-electron chi connectivity index (χ0n) is 13.5. The summed E-state index contributed by atoms with van der Waals surface area (Å²) in [5.74, 6) is -1.80. The Labute approximate surface area is 144 Å². The van der Waals surface area contributed by atoms with Gasteiger partial charge in [0.25, 0.3) is 0 Å². The third-order valence-electron chi connectivity index (χ3n) is 4.39. The van der Waals surface area contributed by atoms with Crippen LogP contribution in [0.3, 0.4) is 0 Å². The Balaban J connectivity index is 2.18. The van der Waals surface area contributed by atoms with Gasteiger partial charge in [-0.05, 0) is 18.7 Å². The summed E-state index contributed by atoms with van der Waals surface area (Å²) in [6, 6.07) is 1.05. The Kier molecular flexibility index (Phi) is 5.74. The van der Waals surface area contributed by atoms with Gasteiger partial charge >= 0.3 is 5.69 Å². The van der Waals surface area contributed by atoms with Crippen LogP contribution in [0.15, 0.2) is 12.1 Å². The van der Waals surface area contributed by atoms with Crippen molar-refractivity contribution in [1.29, 1.82) is 0 Å². The zero-order chi connectivity index (χ0) is 18.0. The van der Waals surface area contributed by atoms with Crippen LogP contribution in [0.2, 0.25) is 5.02 Å². The molecule has 1 fully saturated rings. The second-order valence-corrected chi connectivity index (χ2v) is 6.43. The number of halogens is 2. The molecule has 1 aromatic rings. The highest BCUT2D eigenvalue weighted by atomic mass is 35.5. The van der Waals surface area contributed by atoms with Gasteiger partial charge in [-0.3, -0.25) is 14.9 Å². The fourth-order valence-electron chi connectivity index (χ4n) is 2.69. The maximum Gasteiger partial charge on any atom is 0.306 e. The first kappa shape index (κ1) is 18.6. The van der Waals surface area contributed by atoms with Crippen LogP contribution < -0.4 is 5.73 Å². The van der Waals surface area contributed by atoms with Crippen LogP contribution in [0.5, 0.6) is 0 Å². The molecule has 2 N–H and O–H groups in total. The van der Waals surface area contributed by atoms with Gasteiger partial charge in [-0.1, -0.05) is 18.5 Å². The van der Waals surface area contributed by atoms with Crippen LogP contribution in [-0.4, -0.2) is 59.9 Å². The van der Waals surface area contributed by atoms with Gasteiger partial charge in [-0.25, -0.2) is 0 Å². The second-order valence-electron chi connectivity index (χ2n) is 6.03. The molecule has 0 unspecified atom stereocenters. The smallest absolute Gasteiger partial charge is 0.306 e. The topological polar surface area (TPSA) is 92.7 Å².